The molecule has 3 aromatic heterocycles. The lowest BCUT2D eigenvalue weighted by molar-refractivity contribution is 0.102. The summed E-state index contributed by atoms with van der Waals surface area (Å²) in [5.74, 6) is 0.112. The molecule has 0 saturated carbocycles. The number of aromatic nitrogens is 5. The minimum Gasteiger partial charge on any atom is -0.290 e. The number of carbonyl (C=O) groups excluding carboxylic acids is 1. The van der Waals surface area contributed by atoms with E-state index in [1.165, 1.54) is 0 Å². The molecule has 8 heteroatoms. The van der Waals surface area contributed by atoms with E-state index in [1.807, 2.05) is 44.2 Å². The molecular formula is C18H15ClN6O. The number of hydrogen-bond donors (Lipinski definition) is 1. The number of carbonyl (C=O) groups is 1. The van der Waals surface area contributed by atoms with Gasteiger partial charge in [0, 0.05) is 11.8 Å². The summed E-state index contributed by atoms with van der Waals surface area (Å²) < 4.78 is 3.47. The summed E-state index contributed by atoms with van der Waals surface area (Å²) in [6.07, 6.45) is 1.79. The highest BCUT2D eigenvalue weighted by Crippen LogP contribution is 2.22. The van der Waals surface area contributed by atoms with E-state index in [4.69, 9.17) is 11.6 Å². The van der Waals surface area contributed by atoms with E-state index in [9.17, 15) is 4.79 Å². The van der Waals surface area contributed by atoms with Crippen molar-refractivity contribution in [1.29, 1.82) is 0 Å². The Labute approximate surface area is 154 Å². The molecule has 0 radical (unpaired) electrons. The second kappa shape index (κ2) is 6.27. The van der Waals surface area contributed by atoms with Gasteiger partial charge in [0.1, 0.15) is 0 Å². The Hall–Kier alpha value is -3.19. The summed E-state index contributed by atoms with van der Waals surface area (Å²) >= 11 is 6.19. The van der Waals surface area contributed by atoms with E-state index in [-0.39, 0.29) is 5.91 Å². The first-order valence-electron chi connectivity index (χ1n) is 7.98. The Morgan fingerprint density at radius 2 is 1.85 bits per heavy atom. The number of hydrogen-bond acceptors (Lipinski definition) is 4. The summed E-state index contributed by atoms with van der Waals surface area (Å²) in [6, 6.07) is 12.6. The standard InChI is InChI=1S/C18H15ClN6O/c1-11-16(19)12(2)25(23-11)14-8-6-13(7-9-14)17(26)20-18-22-21-15-5-3-4-10-24(15)18/h3-10H,1-2H3,(H,20,22,26). The first-order chi connectivity index (χ1) is 12.5. The molecule has 1 aromatic carbocycles. The van der Waals surface area contributed by atoms with Gasteiger partial charge in [-0.2, -0.15) is 5.10 Å². The van der Waals surface area contributed by atoms with Crippen LogP contribution in [0.3, 0.4) is 0 Å². The van der Waals surface area contributed by atoms with Gasteiger partial charge in [-0.1, -0.05) is 17.7 Å². The number of aryl methyl sites for hydroxylation is 1. The zero-order chi connectivity index (χ0) is 18.3. The van der Waals surface area contributed by atoms with Crippen LogP contribution >= 0.6 is 11.6 Å². The molecule has 0 aliphatic rings. The van der Waals surface area contributed by atoms with Gasteiger partial charge in [-0.05, 0) is 50.2 Å². The van der Waals surface area contributed by atoms with E-state index >= 15 is 0 Å². The lowest BCUT2D eigenvalue weighted by Gasteiger charge is -2.07. The molecule has 4 aromatic rings. The van der Waals surface area contributed by atoms with Crippen molar-refractivity contribution in [3.63, 3.8) is 0 Å². The molecule has 0 spiro atoms. The summed E-state index contributed by atoms with van der Waals surface area (Å²) in [7, 11) is 0. The Morgan fingerprint density at radius 1 is 1.08 bits per heavy atom. The molecule has 0 atom stereocenters. The molecule has 7 nitrogen and oxygen atoms in total. The average molecular weight is 367 g/mol. The number of nitrogens with one attached hydrogen (secondary N) is 1. The molecule has 1 amide bonds. The van der Waals surface area contributed by atoms with E-state index in [1.54, 1.807) is 27.4 Å². The highest BCUT2D eigenvalue weighted by atomic mass is 35.5. The van der Waals surface area contributed by atoms with Crippen molar-refractivity contribution in [2.24, 2.45) is 0 Å². The monoisotopic (exact) mass is 366 g/mol. The first-order valence-corrected chi connectivity index (χ1v) is 8.35. The van der Waals surface area contributed by atoms with Crippen molar-refractivity contribution in [1.82, 2.24) is 24.4 Å². The predicted molar refractivity (Wildman–Crippen MR) is 99.0 cm³/mol. The van der Waals surface area contributed by atoms with Crippen LogP contribution in [-0.4, -0.2) is 30.3 Å². The summed E-state index contributed by atoms with van der Waals surface area (Å²) in [5.41, 5.74) is 3.64. The van der Waals surface area contributed by atoms with Gasteiger partial charge in [0.25, 0.3) is 5.91 Å². The largest absolute Gasteiger partial charge is 0.290 e. The number of halogens is 1. The third kappa shape index (κ3) is 2.72. The summed E-state index contributed by atoms with van der Waals surface area (Å²) in [6.45, 7) is 3.76. The van der Waals surface area contributed by atoms with E-state index in [0.717, 1.165) is 17.1 Å². The van der Waals surface area contributed by atoms with Gasteiger partial charge in [0.2, 0.25) is 5.95 Å². The molecule has 3 heterocycles. The molecule has 0 unspecified atom stereocenters. The molecular weight excluding hydrogens is 352 g/mol. The van der Waals surface area contributed by atoms with Crippen LogP contribution < -0.4 is 5.32 Å². The zero-order valence-electron chi connectivity index (χ0n) is 14.1. The van der Waals surface area contributed by atoms with Crippen molar-refractivity contribution in [2.75, 3.05) is 5.32 Å². The molecule has 0 fully saturated rings. The topological polar surface area (TPSA) is 77.1 Å². The van der Waals surface area contributed by atoms with Gasteiger partial charge in [-0.3, -0.25) is 14.5 Å². The van der Waals surface area contributed by atoms with Crippen LogP contribution in [0.4, 0.5) is 5.95 Å². The predicted octanol–water partition coefficient (Wildman–Crippen LogP) is 3.44. The van der Waals surface area contributed by atoms with Crippen molar-refractivity contribution in [3.8, 4) is 5.69 Å². The number of amides is 1. The smallest absolute Gasteiger partial charge is 0.258 e. The Kier molecular flexibility index (Phi) is 3.93. The van der Waals surface area contributed by atoms with Crippen molar-refractivity contribution in [2.45, 2.75) is 13.8 Å². The Morgan fingerprint density at radius 3 is 2.54 bits per heavy atom. The summed E-state index contributed by atoms with van der Waals surface area (Å²) in [4.78, 5) is 12.5. The number of anilines is 1. The lowest BCUT2D eigenvalue weighted by atomic mass is 10.2. The molecule has 4 rings (SSSR count). The van der Waals surface area contributed by atoms with Crippen LogP contribution in [0.25, 0.3) is 11.3 Å². The zero-order valence-corrected chi connectivity index (χ0v) is 14.9. The van der Waals surface area contributed by atoms with Gasteiger partial charge in [-0.15, -0.1) is 10.2 Å². The minimum absolute atomic E-state index is 0.263. The third-order valence-corrected chi connectivity index (χ3v) is 4.66. The fourth-order valence-electron chi connectivity index (χ4n) is 2.73. The van der Waals surface area contributed by atoms with Crippen molar-refractivity contribution in [3.05, 3.63) is 70.6 Å². The Bertz CT molecular complexity index is 1110. The van der Waals surface area contributed by atoms with E-state index in [2.05, 4.69) is 20.6 Å². The maximum Gasteiger partial charge on any atom is 0.258 e. The third-order valence-electron chi connectivity index (χ3n) is 4.12. The maximum absolute atomic E-state index is 12.5. The van der Waals surface area contributed by atoms with Crippen LogP contribution in [0.2, 0.25) is 5.02 Å². The highest BCUT2D eigenvalue weighted by Gasteiger charge is 2.13. The molecule has 26 heavy (non-hydrogen) atoms. The maximum atomic E-state index is 12.5. The summed E-state index contributed by atoms with van der Waals surface area (Å²) in [5, 5.41) is 15.8. The second-order valence-corrected chi connectivity index (χ2v) is 6.23. The molecule has 0 aliphatic carbocycles. The quantitative estimate of drug-likeness (QED) is 0.602. The highest BCUT2D eigenvalue weighted by molar-refractivity contribution is 6.31. The average Bonchev–Trinajstić information content (AvgIpc) is 3.18. The number of nitrogens with zero attached hydrogens (tertiary/aromatic N) is 5. The van der Waals surface area contributed by atoms with Crippen molar-refractivity contribution < 1.29 is 4.79 Å². The fourth-order valence-corrected chi connectivity index (χ4v) is 2.85. The van der Waals surface area contributed by atoms with Crippen LogP contribution in [0.1, 0.15) is 21.7 Å². The van der Waals surface area contributed by atoms with Crippen LogP contribution in [0.5, 0.6) is 0 Å². The van der Waals surface area contributed by atoms with Gasteiger partial charge >= 0.3 is 0 Å². The Balaban J connectivity index is 1.58. The molecule has 0 saturated heterocycles. The van der Waals surface area contributed by atoms with Crippen LogP contribution in [0.15, 0.2) is 48.7 Å². The van der Waals surface area contributed by atoms with E-state index < -0.39 is 0 Å². The number of benzene rings is 1. The minimum atomic E-state index is -0.263. The normalized spacial score (nSPS) is 11.0. The number of fused-ring (bicyclic) bond motifs is 1. The van der Waals surface area contributed by atoms with E-state index in [0.29, 0.717) is 22.2 Å². The van der Waals surface area contributed by atoms with Gasteiger partial charge in [0.05, 0.1) is 22.1 Å². The molecule has 130 valence electrons. The van der Waals surface area contributed by atoms with Crippen LogP contribution in [-0.2, 0) is 0 Å². The van der Waals surface area contributed by atoms with Gasteiger partial charge < -0.3 is 0 Å². The molecule has 0 bridgehead atoms. The van der Waals surface area contributed by atoms with Crippen molar-refractivity contribution >= 4 is 29.1 Å². The first kappa shape index (κ1) is 16.3. The number of pyridine rings is 1. The molecule has 0 aliphatic heterocycles. The van der Waals surface area contributed by atoms with Gasteiger partial charge in [0.15, 0.2) is 5.65 Å². The van der Waals surface area contributed by atoms with Gasteiger partial charge in [-0.25, -0.2) is 4.68 Å². The lowest BCUT2D eigenvalue weighted by Crippen LogP contribution is -2.14. The SMILES string of the molecule is Cc1nn(-c2ccc(C(=O)Nc3nnc4ccccn34)cc2)c(C)c1Cl. The second-order valence-electron chi connectivity index (χ2n) is 5.85. The van der Waals surface area contributed by atoms with Crippen LogP contribution in [0, 0.1) is 13.8 Å². The number of rotatable bonds is 3. The fraction of sp³-hybridized carbons (Fsp3) is 0.111. The molecule has 1 N–H and O–H groups in total.